The van der Waals surface area contributed by atoms with E-state index in [1.165, 1.54) is 11.0 Å². The molecule has 0 spiro atoms. The number of nitrogens with zero attached hydrogens (tertiary/aromatic N) is 3. The van der Waals surface area contributed by atoms with E-state index in [1.807, 2.05) is 13.1 Å². The van der Waals surface area contributed by atoms with Gasteiger partial charge in [0.1, 0.15) is 0 Å². The Kier molecular flexibility index (Phi) is 1.72. The number of hydrogen-bond donors (Lipinski definition) is 0. The summed E-state index contributed by atoms with van der Waals surface area (Å²) in [4.78, 5) is 4.58. The summed E-state index contributed by atoms with van der Waals surface area (Å²) in [7, 11) is 2.04. The fraction of sp³-hybridized carbons (Fsp3) is 0.154. The van der Waals surface area contributed by atoms with Crippen LogP contribution in [0.25, 0.3) is 22.9 Å². The molecular weight excluding hydrogens is 198 g/mol. The number of imidazole rings is 2. The molecule has 0 aliphatic carbocycles. The van der Waals surface area contributed by atoms with Crippen LogP contribution in [0, 0.1) is 6.92 Å². The Morgan fingerprint density at radius 3 is 2.62 bits per heavy atom. The minimum absolute atomic E-state index is 0.955. The molecule has 3 nitrogen and oxygen atoms in total. The lowest BCUT2D eigenvalue weighted by atomic mass is 10.3. The number of rotatable bonds is 1. The predicted molar refractivity (Wildman–Crippen MR) is 66.5 cm³/mol. The van der Waals surface area contributed by atoms with Gasteiger partial charge in [-0.3, -0.25) is 4.40 Å². The second kappa shape index (κ2) is 2.98. The zero-order valence-electron chi connectivity index (χ0n) is 9.44. The van der Waals surface area contributed by atoms with E-state index in [2.05, 4.69) is 45.7 Å². The van der Waals surface area contributed by atoms with E-state index in [9.17, 15) is 0 Å². The van der Waals surface area contributed by atoms with E-state index < -0.39 is 0 Å². The van der Waals surface area contributed by atoms with E-state index in [-0.39, 0.29) is 0 Å². The van der Waals surface area contributed by atoms with Crippen LogP contribution in [0.5, 0.6) is 0 Å². The molecule has 3 aromatic rings. The first-order chi connectivity index (χ1) is 7.74. The lowest BCUT2D eigenvalue weighted by molar-refractivity contribution is 0.966. The third kappa shape index (κ3) is 0.949. The van der Waals surface area contributed by atoms with E-state index in [0.717, 1.165) is 17.2 Å². The summed E-state index contributed by atoms with van der Waals surface area (Å²) in [5.74, 6) is 0.966. The highest BCUT2D eigenvalue weighted by atomic mass is 15.2. The van der Waals surface area contributed by atoms with Gasteiger partial charge in [0.15, 0.2) is 0 Å². The number of para-hydroxylation sites is 2. The topological polar surface area (TPSA) is 22.2 Å². The van der Waals surface area contributed by atoms with Crippen molar-refractivity contribution in [2.45, 2.75) is 6.92 Å². The van der Waals surface area contributed by atoms with Crippen molar-refractivity contribution in [3.8, 4) is 0 Å². The van der Waals surface area contributed by atoms with Crippen LogP contribution in [0.4, 0.5) is 0 Å². The van der Waals surface area contributed by atoms with Gasteiger partial charge in [0.25, 0.3) is 0 Å². The highest BCUT2D eigenvalue weighted by Gasteiger charge is 2.13. The van der Waals surface area contributed by atoms with Gasteiger partial charge in [-0.1, -0.05) is 18.7 Å². The van der Waals surface area contributed by atoms with Crippen molar-refractivity contribution in [3.63, 3.8) is 0 Å². The van der Waals surface area contributed by atoms with Gasteiger partial charge in [-0.05, 0) is 25.1 Å². The molecule has 0 fully saturated rings. The van der Waals surface area contributed by atoms with Gasteiger partial charge in [0.2, 0.25) is 5.78 Å². The van der Waals surface area contributed by atoms with Crippen molar-refractivity contribution in [3.05, 3.63) is 42.2 Å². The maximum atomic E-state index is 4.58. The van der Waals surface area contributed by atoms with Crippen LogP contribution in [-0.4, -0.2) is 14.0 Å². The maximum Gasteiger partial charge on any atom is 0.215 e. The first-order valence-electron chi connectivity index (χ1n) is 5.29. The molecule has 2 heterocycles. The van der Waals surface area contributed by atoms with Crippen LogP contribution in [0.3, 0.4) is 0 Å². The standard InChI is InChI=1S/C13H13N3/c1-4-10-9(2)16-12-8-6-5-7-11(12)15(3)13(16)14-10/h4-8H,1H2,2-3H3. The quantitative estimate of drug-likeness (QED) is 0.606. The summed E-state index contributed by atoms with van der Waals surface area (Å²) < 4.78 is 4.28. The van der Waals surface area contributed by atoms with E-state index >= 15 is 0 Å². The fourth-order valence-corrected chi connectivity index (χ4v) is 2.25. The molecule has 0 N–H and O–H groups in total. The van der Waals surface area contributed by atoms with Crippen LogP contribution < -0.4 is 0 Å². The largest absolute Gasteiger partial charge is 0.313 e. The molecule has 1 aromatic carbocycles. The SMILES string of the molecule is C=Cc1nc2n(C)c3ccccc3n2c1C. The summed E-state index contributed by atoms with van der Waals surface area (Å²) in [5, 5.41) is 0. The number of aryl methyl sites for hydroxylation is 2. The van der Waals surface area contributed by atoms with Crippen molar-refractivity contribution in [2.24, 2.45) is 7.05 Å². The number of hydrogen-bond acceptors (Lipinski definition) is 1. The van der Waals surface area contributed by atoms with Crippen LogP contribution in [0.15, 0.2) is 30.8 Å². The maximum absolute atomic E-state index is 4.58. The lowest BCUT2D eigenvalue weighted by Gasteiger charge is -1.95. The molecule has 0 radical (unpaired) electrons. The Morgan fingerprint density at radius 2 is 1.94 bits per heavy atom. The van der Waals surface area contributed by atoms with Gasteiger partial charge in [-0.15, -0.1) is 0 Å². The van der Waals surface area contributed by atoms with Crippen molar-refractivity contribution >= 4 is 22.9 Å². The van der Waals surface area contributed by atoms with Crippen LogP contribution in [0.1, 0.15) is 11.4 Å². The average molecular weight is 211 g/mol. The zero-order chi connectivity index (χ0) is 11.3. The van der Waals surface area contributed by atoms with Gasteiger partial charge >= 0.3 is 0 Å². The van der Waals surface area contributed by atoms with Gasteiger partial charge in [-0.2, -0.15) is 0 Å². The molecule has 16 heavy (non-hydrogen) atoms. The molecule has 3 rings (SSSR count). The second-order valence-corrected chi connectivity index (χ2v) is 3.97. The Labute approximate surface area is 93.6 Å². The summed E-state index contributed by atoms with van der Waals surface area (Å²) in [5.41, 5.74) is 4.49. The van der Waals surface area contributed by atoms with E-state index in [0.29, 0.717) is 0 Å². The van der Waals surface area contributed by atoms with Crippen molar-refractivity contribution in [2.75, 3.05) is 0 Å². The molecule has 80 valence electrons. The monoisotopic (exact) mass is 211 g/mol. The highest BCUT2D eigenvalue weighted by Crippen LogP contribution is 2.22. The van der Waals surface area contributed by atoms with Gasteiger partial charge in [0.05, 0.1) is 16.7 Å². The molecule has 0 saturated carbocycles. The normalized spacial score (nSPS) is 11.4. The van der Waals surface area contributed by atoms with Gasteiger partial charge < -0.3 is 4.57 Å². The van der Waals surface area contributed by atoms with E-state index in [1.54, 1.807) is 6.08 Å². The minimum atomic E-state index is 0.955. The van der Waals surface area contributed by atoms with Crippen molar-refractivity contribution in [1.29, 1.82) is 0 Å². The molecule has 0 amide bonds. The summed E-state index contributed by atoms with van der Waals surface area (Å²) in [6.07, 6.45) is 1.80. The number of fused-ring (bicyclic) bond motifs is 3. The first-order valence-corrected chi connectivity index (χ1v) is 5.29. The van der Waals surface area contributed by atoms with Crippen molar-refractivity contribution in [1.82, 2.24) is 14.0 Å². The first kappa shape index (κ1) is 9.21. The molecule has 0 aliphatic rings. The predicted octanol–water partition coefficient (Wildman–Crippen LogP) is 2.78. The van der Waals surface area contributed by atoms with Crippen LogP contribution in [0.2, 0.25) is 0 Å². The Balaban J connectivity index is 2.62. The molecule has 0 atom stereocenters. The van der Waals surface area contributed by atoms with Crippen LogP contribution >= 0.6 is 0 Å². The zero-order valence-corrected chi connectivity index (χ0v) is 9.44. The smallest absolute Gasteiger partial charge is 0.215 e. The molecule has 0 saturated heterocycles. The fourth-order valence-electron chi connectivity index (χ4n) is 2.25. The minimum Gasteiger partial charge on any atom is -0.313 e. The number of aromatic nitrogens is 3. The number of benzene rings is 1. The Bertz CT molecular complexity index is 701. The highest BCUT2D eigenvalue weighted by molar-refractivity contribution is 5.81. The lowest BCUT2D eigenvalue weighted by Crippen LogP contribution is -1.88. The van der Waals surface area contributed by atoms with Crippen molar-refractivity contribution < 1.29 is 0 Å². The Morgan fingerprint density at radius 1 is 1.25 bits per heavy atom. The van der Waals surface area contributed by atoms with E-state index in [4.69, 9.17) is 0 Å². The molecular formula is C13H13N3. The summed E-state index contributed by atoms with van der Waals surface area (Å²) in [6.45, 7) is 5.86. The molecule has 0 aliphatic heterocycles. The summed E-state index contributed by atoms with van der Waals surface area (Å²) in [6, 6.07) is 8.32. The third-order valence-electron chi connectivity index (χ3n) is 3.10. The molecule has 3 heteroatoms. The average Bonchev–Trinajstić information content (AvgIpc) is 2.78. The second-order valence-electron chi connectivity index (χ2n) is 3.97. The molecule has 0 unspecified atom stereocenters. The Hall–Kier alpha value is -2.03. The summed E-state index contributed by atoms with van der Waals surface area (Å²) >= 11 is 0. The van der Waals surface area contributed by atoms with Gasteiger partial charge in [-0.25, -0.2) is 4.98 Å². The molecule has 0 bridgehead atoms. The molecule has 2 aromatic heterocycles. The third-order valence-corrected chi connectivity index (χ3v) is 3.10. The van der Waals surface area contributed by atoms with Gasteiger partial charge in [0, 0.05) is 12.7 Å². The van der Waals surface area contributed by atoms with Crippen LogP contribution in [-0.2, 0) is 7.05 Å².